The highest BCUT2D eigenvalue weighted by Crippen LogP contribution is 2.18. The fraction of sp³-hybridized carbons (Fsp3) is 0.250. The molecular weight excluding hydrogens is 314 g/mol. The Bertz CT molecular complexity index is 786. The number of ether oxygens (including phenoxy) is 1. The molecule has 0 saturated carbocycles. The second-order valence-corrected chi connectivity index (χ2v) is 5.96. The molecule has 0 aliphatic rings. The van der Waals surface area contributed by atoms with Gasteiger partial charge in [-0.05, 0) is 23.3 Å². The summed E-state index contributed by atoms with van der Waals surface area (Å²) in [6, 6.07) is 17.7. The topological polar surface area (TPSA) is 59.3 Å². The minimum atomic E-state index is -0.575. The predicted octanol–water partition coefficient (Wildman–Crippen LogP) is 2.76. The van der Waals surface area contributed by atoms with Crippen LogP contribution in [0.25, 0.3) is 0 Å². The fourth-order valence-electron chi connectivity index (χ4n) is 2.67. The highest BCUT2D eigenvalue weighted by Gasteiger charge is 2.08. The summed E-state index contributed by atoms with van der Waals surface area (Å²) in [7, 11) is 1.62. The first kappa shape index (κ1) is 17.2. The number of nitrogens with one attached hydrogen (secondary N) is 1. The molecule has 1 aromatic heterocycles. The molecule has 5 heteroatoms. The van der Waals surface area contributed by atoms with Crippen molar-refractivity contribution in [3.8, 4) is 5.75 Å². The molecule has 0 spiro atoms. The third kappa shape index (κ3) is 4.92. The standard InChI is InChI=1S/C20H23N3O2/c1-25-19-9-5-8-18(10-19)20(24)13-21-11-17-12-22-23(15-17)14-16-6-3-2-4-7-16/h2-10,12,15,20-21,24H,11,13-14H2,1H3. The summed E-state index contributed by atoms with van der Waals surface area (Å²) >= 11 is 0. The number of benzene rings is 2. The van der Waals surface area contributed by atoms with Crippen LogP contribution in [0.15, 0.2) is 67.0 Å². The van der Waals surface area contributed by atoms with E-state index in [0.717, 1.165) is 23.4 Å². The van der Waals surface area contributed by atoms with Crippen LogP contribution in [-0.2, 0) is 13.1 Å². The number of methoxy groups -OCH3 is 1. The van der Waals surface area contributed by atoms with Gasteiger partial charge in [0.2, 0.25) is 0 Å². The van der Waals surface area contributed by atoms with Gasteiger partial charge in [0.1, 0.15) is 5.75 Å². The van der Waals surface area contributed by atoms with Crippen molar-refractivity contribution in [3.63, 3.8) is 0 Å². The molecular formula is C20H23N3O2. The van der Waals surface area contributed by atoms with E-state index in [1.165, 1.54) is 5.56 Å². The van der Waals surface area contributed by atoms with Gasteiger partial charge < -0.3 is 15.2 Å². The molecule has 0 aliphatic carbocycles. The fourth-order valence-corrected chi connectivity index (χ4v) is 2.67. The van der Waals surface area contributed by atoms with Crippen LogP contribution in [0, 0.1) is 0 Å². The quantitative estimate of drug-likeness (QED) is 0.664. The van der Waals surface area contributed by atoms with Crippen LogP contribution >= 0.6 is 0 Å². The Kier molecular flexibility index (Phi) is 5.82. The van der Waals surface area contributed by atoms with Gasteiger partial charge in [-0.3, -0.25) is 4.68 Å². The lowest BCUT2D eigenvalue weighted by atomic mass is 10.1. The first-order valence-corrected chi connectivity index (χ1v) is 8.32. The second-order valence-electron chi connectivity index (χ2n) is 5.96. The molecule has 0 fully saturated rings. The van der Waals surface area contributed by atoms with Gasteiger partial charge in [-0.2, -0.15) is 5.10 Å². The van der Waals surface area contributed by atoms with Crippen molar-refractivity contribution in [2.75, 3.05) is 13.7 Å². The van der Waals surface area contributed by atoms with Crippen LogP contribution in [0.4, 0.5) is 0 Å². The molecule has 0 amide bonds. The number of aromatic nitrogens is 2. The molecule has 0 bridgehead atoms. The van der Waals surface area contributed by atoms with Crippen molar-refractivity contribution in [1.82, 2.24) is 15.1 Å². The molecule has 2 N–H and O–H groups in total. The summed E-state index contributed by atoms with van der Waals surface area (Å²) in [5.74, 6) is 0.749. The highest BCUT2D eigenvalue weighted by atomic mass is 16.5. The van der Waals surface area contributed by atoms with Crippen molar-refractivity contribution in [2.24, 2.45) is 0 Å². The van der Waals surface area contributed by atoms with Crippen molar-refractivity contribution in [3.05, 3.63) is 83.7 Å². The van der Waals surface area contributed by atoms with Gasteiger partial charge in [0.15, 0.2) is 0 Å². The van der Waals surface area contributed by atoms with Gasteiger partial charge >= 0.3 is 0 Å². The normalized spacial score (nSPS) is 12.1. The van der Waals surface area contributed by atoms with Crippen molar-refractivity contribution < 1.29 is 9.84 Å². The third-order valence-corrected chi connectivity index (χ3v) is 4.02. The summed E-state index contributed by atoms with van der Waals surface area (Å²) in [6.45, 7) is 1.89. The van der Waals surface area contributed by atoms with E-state index in [9.17, 15) is 5.11 Å². The van der Waals surface area contributed by atoms with E-state index in [1.807, 2.05) is 59.5 Å². The Morgan fingerprint density at radius 2 is 1.96 bits per heavy atom. The van der Waals surface area contributed by atoms with E-state index in [2.05, 4.69) is 22.5 Å². The number of rotatable bonds is 8. The van der Waals surface area contributed by atoms with Crippen molar-refractivity contribution >= 4 is 0 Å². The van der Waals surface area contributed by atoms with Crippen LogP contribution in [0.3, 0.4) is 0 Å². The molecule has 2 aromatic carbocycles. The Morgan fingerprint density at radius 3 is 2.76 bits per heavy atom. The zero-order chi connectivity index (χ0) is 17.5. The predicted molar refractivity (Wildman–Crippen MR) is 97.4 cm³/mol. The van der Waals surface area contributed by atoms with Crippen LogP contribution in [0.5, 0.6) is 5.75 Å². The number of nitrogens with zero attached hydrogens (tertiary/aromatic N) is 2. The van der Waals surface area contributed by atoms with Gasteiger partial charge in [0, 0.05) is 24.8 Å². The maximum Gasteiger partial charge on any atom is 0.119 e. The van der Waals surface area contributed by atoms with E-state index in [4.69, 9.17) is 4.74 Å². The van der Waals surface area contributed by atoms with Gasteiger partial charge in [-0.25, -0.2) is 0 Å². The Balaban J connectivity index is 1.49. The molecule has 3 rings (SSSR count). The summed E-state index contributed by atoms with van der Waals surface area (Å²) in [5.41, 5.74) is 3.15. The first-order chi connectivity index (χ1) is 12.2. The molecule has 0 radical (unpaired) electrons. The minimum absolute atomic E-state index is 0.469. The minimum Gasteiger partial charge on any atom is -0.497 e. The maximum atomic E-state index is 10.3. The lowest BCUT2D eigenvalue weighted by molar-refractivity contribution is 0.174. The largest absolute Gasteiger partial charge is 0.497 e. The molecule has 3 aromatic rings. The molecule has 1 unspecified atom stereocenters. The summed E-state index contributed by atoms with van der Waals surface area (Å²) in [5, 5.41) is 17.9. The van der Waals surface area contributed by atoms with E-state index in [0.29, 0.717) is 13.1 Å². The first-order valence-electron chi connectivity index (χ1n) is 8.32. The average molecular weight is 337 g/mol. The van der Waals surface area contributed by atoms with Gasteiger partial charge in [-0.15, -0.1) is 0 Å². The van der Waals surface area contributed by atoms with Crippen molar-refractivity contribution in [1.29, 1.82) is 0 Å². The summed E-state index contributed by atoms with van der Waals surface area (Å²) in [4.78, 5) is 0. The number of hydrogen-bond donors (Lipinski definition) is 2. The lowest BCUT2D eigenvalue weighted by Crippen LogP contribution is -2.20. The van der Waals surface area contributed by atoms with E-state index in [1.54, 1.807) is 7.11 Å². The third-order valence-electron chi connectivity index (χ3n) is 4.02. The lowest BCUT2D eigenvalue weighted by Gasteiger charge is -2.12. The smallest absolute Gasteiger partial charge is 0.119 e. The Hall–Kier alpha value is -2.63. The molecule has 1 heterocycles. The number of aliphatic hydroxyl groups excluding tert-OH is 1. The van der Waals surface area contributed by atoms with E-state index < -0.39 is 6.10 Å². The van der Waals surface area contributed by atoms with Crippen LogP contribution in [0.1, 0.15) is 22.8 Å². The molecule has 5 nitrogen and oxygen atoms in total. The molecule has 0 aliphatic heterocycles. The van der Waals surface area contributed by atoms with E-state index in [-0.39, 0.29) is 0 Å². The molecule has 25 heavy (non-hydrogen) atoms. The molecule has 130 valence electrons. The number of hydrogen-bond acceptors (Lipinski definition) is 4. The molecule has 0 saturated heterocycles. The summed E-state index contributed by atoms with van der Waals surface area (Å²) in [6.07, 6.45) is 3.31. The zero-order valence-corrected chi connectivity index (χ0v) is 14.3. The zero-order valence-electron chi connectivity index (χ0n) is 14.3. The van der Waals surface area contributed by atoms with Gasteiger partial charge in [0.25, 0.3) is 0 Å². The molecule has 1 atom stereocenters. The number of aliphatic hydroxyl groups is 1. The monoisotopic (exact) mass is 337 g/mol. The van der Waals surface area contributed by atoms with Crippen LogP contribution in [-0.4, -0.2) is 28.5 Å². The maximum absolute atomic E-state index is 10.3. The highest BCUT2D eigenvalue weighted by molar-refractivity contribution is 5.30. The van der Waals surface area contributed by atoms with E-state index >= 15 is 0 Å². The van der Waals surface area contributed by atoms with Crippen molar-refractivity contribution in [2.45, 2.75) is 19.2 Å². The van der Waals surface area contributed by atoms with Gasteiger partial charge in [0.05, 0.1) is 26.0 Å². The summed E-state index contributed by atoms with van der Waals surface area (Å²) < 4.78 is 7.11. The van der Waals surface area contributed by atoms with Gasteiger partial charge in [-0.1, -0.05) is 42.5 Å². The SMILES string of the molecule is COc1cccc(C(O)CNCc2cnn(Cc3ccccc3)c2)c1. The Labute approximate surface area is 147 Å². The van der Waals surface area contributed by atoms with Crippen LogP contribution < -0.4 is 10.1 Å². The average Bonchev–Trinajstić information content (AvgIpc) is 3.09. The van der Waals surface area contributed by atoms with Crippen LogP contribution in [0.2, 0.25) is 0 Å². The second kappa shape index (κ2) is 8.46. The Morgan fingerprint density at radius 1 is 1.12 bits per heavy atom.